The van der Waals surface area contributed by atoms with Crippen molar-refractivity contribution in [1.29, 1.82) is 0 Å². The molecule has 2 rings (SSSR count). The van der Waals surface area contributed by atoms with Crippen molar-refractivity contribution < 1.29 is 28.2 Å². The lowest BCUT2D eigenvalue weighted by Crippen LogP contribution is -2.65. The van der Waals surface area contributed by atoms with E-state index >= 15 is 0 Å². The smallest absolute Gasteiger partial charge is 0.338 e. The van der Waals surface area contributed by atoms with Crippen molar-refractivity contribution in [3.05, 3.63) is 46.3 Å². The normalized spacial score (nSPS) is 25.7. The summed E-state index contributed by atoms with van der Waals surface area (Å²) < 4.78 is 25.4. The fraction of sp³-hybridized carbons (Fsp3) is 0.720. The van der Waals surface area contributed by atoms with Crippen LogP contribution in [0.15, 0.2) is 35.4 Å². The average Bonchev–Trinajstić information content (AvgIpc) is 2.76. The number of nitrogens with zero attached hydrogens (tertiary/aromatic N) is 3. The Kier molecular flexibility index (Phi) is 9.61. The van der Waals surface area contributed by atoms with E-state index in [-0.39, 0.29) is 16.7 Å². The SMILES string of the molecule is CC(C)(C)[Si](C)(C)O[C@@H]1O[C@H](CO)[C@H](O[Si](C)(C)C(C)(C)C)[C@H](OC(=O)c2ccccc2)[C@H]1N=[N+]=[N-]. The summed E-state index contributed by atoms with van der Waals surface area (Å²) in [6.45, 7) is 20.4. The summed E-state index contributed by atoms with van der Waals surface area (Å²) in [5.74, 6) is -0.577. The van der Waals surface area contributed by atoms with Gasteiger partial charge in [-0.1, -0.05) is 64.9 Å². The van der Waals surface area contributed by atoms with Crippen LogP contribution in [0.2, 0.25) is 36.3 Å². The Morgan fingerprint density at radius 3 is 2.00 bits per heavy atom. The summed E-state index contributed by atoms with van der Waals surface area (Å²) in [5.41, 5.74) is 9.83. The maximum atomic E-state index is 13.2. The molecule has 1 saturated heterocycles. The molecule has 11 heteroatoms. The number of rotatable bonds is 8. The maximum absolute atomic E-state index is 13.2. The molecular weight excluding hydrogens is 494 g/mol. The molecule has 9 nitrogen and oxygen atoms in total. The number of aliphatic hydroxyl groups excluding tert-OH is 1. The molecule has 1 aliphatic heterocycles. The van der Waals surface area contributed by atoms with E-state index in [1.807, 2.05) is 6.07 Å². The van der Waals surface area contributed by atoms with Crippen molar-refractivity contribution in [2.75, 3.05) is 6.61 Å². The molecule has 1 fully saturated rings. The second-order valence-electron chi connectivity index (χ2n) is 12.4. The van der Waals surface area contributed by atoms with Crippen molar-refractivity contribution in [3.63, 3.8) is 0 Å². The summed E-state index contributed by atoms with van der Waals surface area (Å²) in [5, 5.41) is 14.0. The molecule has 1 aliphatic rings. The molecule has 0 amide bonds. The third kappa shape index (κ3) is 6.97. The van der Waals surface area contributed by atoms with Crippen LogP contribution in [0.3, 0.4) is 0 Å². The molecule has 202 valence electrons. The summed E-state index contributed by atoms with van der Waals surface area (Å²) >= 11 is 0. The van der Waals surface area contributed by atoms with Crippen molar-refractivity contribution >= 4 is 22.6 Å². The molecule has 0 radical (unpaired) electrons. The van der Waals surface area contributed by atoms with Gasteiger partial charge in [0.05, 0.1) is 12.2 Å². The molecule has 1 aromatic carbocycles. The van der Waals surface area contributed by atoms with Crippen molar-refractivity contribution in [3.8, 4) is 0 Å². The standard InChI is InChI=1S/C25H43N3O6Si2/c1-24(2,3)35(7,8)33-20-18(16-29)31-23(34-36(9,10)25(4,5)6)19(27-28-26)21(20)32-22(30)17-14-12-11-13-15-17/h11-15,18-21,23,29H,16H2,1-10H3/t18-,19-,20+,21-,23+/m1/s1. The van der Waals surface area contributed by atoms with E-state index in [1.54, 1.807) is 24.3 Å². The molecular formula is C25H43N3O6Si2. The summed E-state index contributed by atoms with van der Waals surface area (Å²) in [4.78, 5) is 16.2. The van der Waals surface area contributed by atoms with Crippen LogP contribution in [0.5, 0.6) is 0 Å². The van der Waals surface area contributed by atoms with Crippen LogP contribution < -0.4 is 0 Å². The van der Waals surface area contributed by atoms with Crippen LogP contribution in [0.4, 0.5) is 0 Å². The van der Waals surface area contributed by atoms with E-state index in [4.69, 9.17) is 18.3 Å². The van der Waals surface area contributed by atoms with Gasteiger partial charge in [-0.25, -0.2) is 4.79 Å². The Morgan fingerprint density at radius 2 is 1.53 bits per heavy atom. The average molecular weight is 538 g/mol. The fourth-order valence-corrected chi connectivity index (χ4v) is 5.79. The van der Waals surface area contributed by atoms with Crippen molar-refractivity contribution in [2.45, 2.75) is 108 Å². The van der Waals surface area contributed by atoms with Crippen LogP contribution in [0.1, 0.15) is 51.9 Å². The molecule has 0 aromatic heterocycles. The summed E-state index contributed by atoms with van der Waals surface area (Å²) in [6.07, 6.45) is -3.72. The van der Waals surface area contributed by atoms with Crippen molar-refractivity contribution in [2.24, 2.45) is 5.11 Å². The Morgan fingerprint density at radius 1 is 1.00 bits per heavy atom. The predicted molar refractivity (Wildman–Crippen MR) is 145 cm³/mol. The first-order valence-electron chi connectivity index (χ1n) is 12.4. The summed E-state index contributed by atoms with van der Waals surface area (Å²) in [6, 6.07) is 7.60. The molecule has 0 spiro atoms. The first-order chi connectivity index (χ1) is 16.4. The highest BCUT2D eigenvalue weighted by Gasteiger charge is 2.54. The maximum Gasteiger partial charge on any atom is 0.338 e. The molecule has 0 aliphatic carbocycles. The van der Waals surface area contributed by atoms with Crippen LogP contribution in [-0.4, -0.2) is 65.0 Å². The minimum atomic E-state index is -2.42. The van der Waals surface area contributed by atoms with Crippen LogP contribution in [0, 0.1) is 0 Å². The highest BCUT2D eigenvalue weighted by atomic mass is 28.4. The van der Waals surface area contributed by atoms with E-state index in [1.165, 1.54) is 0 Å². The number of hydrogen-bond donors (Lipinski definition) is 1. The largest absolute Gasteiger partial charge is 0.455 e. The topological polar surface area (TPSA) is 123 Å². The first kappa shape index (κ1) is 30.5. The number of hydrogen-bond acceptors (Lipinski definition) is 7. The second-order valence-corrected chi connectivity index (χ2v) is 21.9. The number of carbonyl (C=O) groups is 1. The molecule has 1 heterocycles. The molecule has 0 bridgehead atoms. The Hall–Kier alpha value is -1.73. The molecule has 36 heavy (non-hydrogen) atoms. The van der Waals surface area contributed by atoms with Gasteiger partial charge in [0, 0.05) is 4.91 Å². The van der Waals surface area contributed by atoms with E-state index < -0.39 is 53.2 Å². The van der Waals surface area contributed by atoms with Crippen molar-refractivity contribution in [1.82, 2.24) is 0 Å². The summed E-state index contributed by atoms with van der Waals surface area (Å²) in [7, 11) is -4.82. The van der Waals surface area contributed by atoms with E-state index in [2.05, 4.69) is 77.8 Å². The van der Waals surface area contributed by atoms with Gasteiger partial charge in [-0.05, 0) is 53.9 Å². The number of aliphatic hydroxyl groups is 1. The number of esters is 1. The lowest BCUT2D eigenvalue weighted by atomic mass is 9.97. The van der Waals surface area contributed by atoms with E-state index in [0.29, 0.717) is 5.56 Å². The second kappa shape index (κ2) is 11.3. The number of carbonyl (C=O) groups excluding carboxylic acids is 1. The van der Waals surface area contributed by atoms with Gasteiger partial charge in [-0.15, -0.1) is 0 Å². The van der Waals surface area contributed by atoms with Crippen LogP contribution in [0.25, 0.3) is 10.4 Å². The Bertz CT molecular complexity index is 939. The lowest BCUT2D eigenvalue weighted by molar-refractivity contribution is -0.239. The zero-order chi connectivity index (χ0) is 27.5. The van der Waals surface area contributed by atoms with Gasteiger partial charge in [0.2, 0.25) is 0 Å². The van der Waals surface area contributed by atoms with Gasteiger partial charge in [0.15, 0.2) is 22.9 Å². The zero-order valence-electron chi connectivity index (χ0n) is 23.3. The first-order valence-corrected chi connectivity index (χ1v) is 18.2. The molecule has 1 N–H and O–H groups in total. The van der Waals surface area contributed by atoms with Gasteiger partial charge in [0.1, 0.15) is 24.4 Å². The van der Waals surface area contributed by atoms with Crippen LogP contribution in [-0.2, 0) is 18.3 Å². The molecule has 0 unspecified atom stereocenters. The van der Waals surface area contributed by atoms with Gasteiger partial charge in [-0.2, -0.15) is 0 Å². The van der Waals surface area contributed by atoms with E-state index in [9.17, 15) is 15.4 Å². The van der Waals surface area contributed by atoms with Crippen LogP contribution >= 0.6 is 0 Å². The number of azide groups is 1. The van der Waals surface area contributed by atoms with E-state index in [0.717, 1.165) is 0 Å². The highest BCUT2D eigenvalue weighted by Crippen LogP contribution is 2.43. The monoisotopic (exact) mass is 537 g/mol. The quantitative estimate of drug-likeness (QED) is 0.142. The minimum absolute atomic E-state index is 0.156. The van der Waals surface area contributed by atoms with Gasteiger partial charge in [-0.3, -0.25) is 0 Å². The molecule has 0 saturated carbocycles. The Balaban J connectivity index is 2.57. The highest BCUT2D eigenvalue weighted by molar-refractivity contribution is 6.74. The molecule has 1 aromatic rings. The Labute approximate surface area is 217 Å². The molecule has 5 atom stereocenters. The predicted octanol–water partition coefficient (Wildman–Crippen LogP) is 6.02. The lowest BCUT2D eigenvalue weighted by Gasteiger charge is -2.50. The van der Waals surface area contributed by atoms with Gasteiger partial charge in [0.25, 0.3) is 0 Å². The third-order valence-corrected chi connectivity index (χ3v) is 16.6. The third-order valence-electron chi connectivity index (χ3n) is 7.69. The minimum Gasteiger partial charge on any atom is -0.455 e. The van der Waals surface area contributed by atoms with Gasteiger partial charge < -0.3 is 23.4 Å². The number of ether oxygens (including phenoxy) is 2. The zero-order valence-corrected chi connectivity index (χ0v) is 25.3. The number of benzene rings is 1. The fourth-order valence-electron chi connectivity index (χ4n) is 3.34. The van der Waals surface area contributed by atoms with Gasteiger partial charge >= 0.3 is 5.97 Å².